The van der Waals surface area contributed by atoms with E-state index in [2.05, 4.69) is 49.3 Å². The molecule has 0 saturated heterocycles. The van der Waals surface area contributed by atoms with E-state index >= 15 is 0 Å². The van der Waals surface area contributed by atoms with Crippen molar-refractivity contribution in [3.63, 3.8) is 0 Å². The van der Waals surface area contributed by atoms with Crippen LogP contribution >= 0.6 is 11.6 Å². The van der Waals surface area contributed by atoms with E-state index in [1.165, 1.54) is 16.8 Å². The molecule has 2 aromatic rings. The molecule has 2 nitrogen and oxygen atoms in total. The van der Waals surface area contributed by atoms with Gasteiger partial charge in [-0.05, 0) is 55.3 Å². The molecule has 106 valence electrons. The molecular weight excluding hydrogens is 268 g/mol. The van der Waals surface area contributed by atoms with Crippen LogP contribution in [0.5, 0.6) is 0 Å². The summed E-state index contributed by atoms with van der Waals surface area (Å²) in [6, 6.07) is 14.4. The van der Waals surface area contributed by atoms with E-state index in [0.29, 0.717) is 0 Å². The molecule has 20 heavy (non-hydrogen) atoms. The highest BCUT2D eigenvalue weighted by atomic mass is 35.5. The molecule has 0 fully saturated rings. The molecule has 1 N–H and O–H groups in total. The number of hydrogen-bond donors (Lipinski definition) is 1. The molecule has 0 saturated carbocycles. The minimum atomic E-state index is 0.762. The number of nitrogens with zero attached hydrogens (tertiary/aromatic N) is 1. The Morgan fingerprint density at radius 3 is 2.40 bits per heavy atom. The van der Waals surface area contributed by atoms with Gasteiger partial charge in [-0.3, -0.25) is 0 Å². The highest BCUT2D eigenvalue weighted by Crippen LogP contribution is 2.18. The number of nitrogens with one attached hydrogen (secondary N) is 1. The number of hydrogen-bond acceptors (Lipinski definition) is 2. The van der Waals surface area contributed by atoms with Crippen molar-refractivity contribution in [3.8, 4) is 0 Å². The summed E-state index contributed by atoms with van der Waals surface area (Å²) < 4.78 is 0. The van der Waals surface area contributed by atoms with Crippen LogP contribution in [0.15, 0.2) is 42.5 Å². The first kappa shape index (κ1) is 14.7. The molecular formula is C17H21ClN2. The maximum absolute atomic E-state index is 5.97. The molecule has 0 aliphatic carbocycles. The van der Waals surface area contributed by atoms with Gasteiger partial charge in [0, 0.05) is 36.5 Å². The summed E-state index contributed by atoms with van der Waals surface area (Å²) in [6.45, 7) is 6.09. The van der Waals surface area contributed by atoms with Crippen LogP contribution in [-0.2, 0) is 0 Å². The van der Waals surface area contributed by atoms with Crippen LogP contribution in [0.1, 0.15) is 11.1 Å². The smallest absolute Gasteiger partial charge is 0.0426 e. The third kappa shape index (κ3) is 4.17. The second kappa shape index (κ2) is 6.67. The van der Waals surface area contributed by atoms with Crippen molar-refractivity contribution < 1.29 is 0 Å². The summed E-state index contributed by atoms with van der Waals surface area (Å²) in [5.41, 5.74) is 4.92. The largest absolute Gasteiger partial charge is 0.383 e. The molecule has 0 aliphatic rings. The van der Waals surface area contributed by atoms with Gasteiger partial charge in [0.05, 0.1) is 0 Å². The first-order valence-corrected chi connectivity index (χ1v) is 7.21. The average Bonchev–Trinajstić information content (AvgIpc) is 2.37. The zero-order chi connectivity index (χ0) is 14.5. The van der Waals surface area contributed by atoms with Crippen molar-refractivity contribution in [3.05, 3.63) is 58.6 Å². The number of anilines is 2. The zero-order valence-electron chi connectivity index (χ0n) is 12.3. The van der Waals surface area contributed by atoms with E-state index in [1.807, 2.05) is 24.3 Å². The summed E-state index contributed by atoms with van der Waals surface area (Å²) in [5, 5.41) is 4.15. The van der Waals surface area contributed by atoms with Crippen molar-refractivity contribution >= 4 is 23.0 Å². The van der Waals surface area contributed by atoms with Gasteiger partial charge in [-0.25, -0.2) is 0 Å². The van der Waals surface area contributed by atoms with Gasteiger partial charge in [-0.15, -0.1) is 0 Å². The van der Waals surface area contributed by atoms with Crippen LogP contribution in [0.25, 0.3) is 0 Å². The molecule has 0 radical (unpaired) electrons. The van der Waals surface area contributed by atoms with Crippen LogP contribution in [0.3, 0.4) is 0 Å². The molecule has 0 unspecified atom stereocenters. The fourth-order valence-electron chi connectivity index (χ4n) is 2.27. The molecule has 0 atom stereocenters. The van der Waals surface area contributed by atoms with E-state index < -0.39 is 0 Å². The van der Waals surface area contributed by atoms with Gasteiger partial charge < -0.3 is 10.2 Å². The lowest BCUT2D eigenvalue weighted by molar-refractivity contribution is 0.913. The maximum atomic E-state index is 5.97. The van der Waals surface area contributed by atoms with E-state index in [9.17, 15) is 0 Å². The Balaban J connectivity index is 1.90. The Morgan fingerprint density at radius 1 is 1.05 bits per heavy atom. The second-order valence-electron chi connectivity index (χ2n) is 5.20. The fourth-order valence-corrected chi connectivity index (χ4v) is 2.46. The minimum absolute atomic E-state index is 0.762. The number of likely N-dealkylation sites (N-methyl/N-ethyl adjacent to an activating group) is 1. The van der Waals surface area contributed by atoms with Crippen molar-refractivity contribution in [2.24, 2.45) is 0 Å². The summed E-state index contributed by atoms with van der Waals surface area (Å²) in [6.07, 6.45) is 0. The van der Waals surface area contributed by atoms with Crippen LogP contribution < -0.4 is 10.2 Å². The van der Waals surface area contributed by atoms with Crippen LogP contribution in [-0.4, -0.2) is 20.1 Å². The Hall–Kier alpha value is -1.67. The molecule has 0 amide bonds. The normalized spacial score (nSPS) is 10.4. The summed E-state index contributed by atoms with van der Waals surface area (Å²) in [7, 11) is 2.12. The van der Waals surface area contributed by atoms with E-state index in [-0.39, 0.29) is 0 Å². The predicted octanol–water partition coefficient (Wildman–Crippen LogP) is 4.51. The van der Waals surface area contributed by atoms with Crippen molar-refractivity contribution in [1.82, 2.24) is 0 Å². The Kier molecular flexibility index (Phi) is 4.91. The third-order valence-electron chi connectivity index (χ3n) is 3.25. The van der Waals surface area contributed by atoms with Gasteiger partial charge >= 0.3 is 0 Å². The molecule has 3 heteroatoms. The molecule has 0 aromatic heterocycles. The van der Waals surface area contributed by atoms with Crippen LogP contribution in [0.2, 0.25) is 5.02 Å². The van der Waals surface area contributed by atoms with E-state index in [4.69, 9.17) is 11.6 Å². The Labute approximate surface area is 126 Å². The van der Waals surface area contributed by atoms with Crippen LogP contribution in [0.4, 0.5) is 11.4 Å². The molecule has 0 bridgehead atoms. The average molecular weight is 289 g/mol. The lowest BCUT2D eigenvalue weighted by Gasteiger charge is -2.21. The summed E-state index contributed by atoms with van der Waals surface area (Å²) in [4.78, 5) is 2.26. The van der Waals surface area contributed by atoms with Gasteiger partial charge in [0.2, 0.25) is 0 Å². The first-order valence-electron chi connectivity index (χ1n) is 6.83. The molecule has 2 aromatic carbocycles. The van der Waals surface area contributed by atoms with Gasteiger partial charge in [0.1, 0.15) is 0 Å². The number of halogens is 1. The van der Waals surface area contributed by atoms with E-state index in [1.54, 1.807) is 0 Å². The predicted molar refractivity (Wildman–Crippen MR) is 89.1 cm³/mol. The topological polar surface area (TPSA) is 15.3 Å². The van der Waals surface area contributed by atoms with Gasteiger partial charge in [-0.2, -0.15) is 0 Å². The quantitative estimate of drug-likeness (QED) is 0.871. The number of aryl methyl sites for hydroxylation is 2. The lowest BCUT2D eigenvalue weighted by Crippen LogP contribution is -2.24. The Morgan fingerprint density at radius 2 is 1.75 bits per heavy atom. The Bertz CT molecular complexity index is 561. The first-order chi connectivity index (χ1) is 9.54. The number of benzene rings is 2. The highest BCUT2D eigenvalue weighted by Gasteiger charge is 2.02. The standard InChI is InChI=1S/C17H21ClN2/c1-13-9-14(2)11-17(10-13)20(3)8-7-19-16-6-4-5-15(18)12-16/h4-6,9-12,19H,7-8H2,1-3H3. The molecule has 0 spiro atoms. The van der Waals surface area contributed by atoms with Crippen LogP contribution in [0, 0.1) is 13.8 Å². The monoisotopic (exact) mass is 288 g/mol. The second-order valence-corrected chi connectivity index (χ2v) is 5.64. The summed E-state index contributed by atoms with van der Waals surface area (Å²) in [5.74, 6) is 0. The molecule has 2 rings (SSSR count). The van der Waals surface area contributed by atoms with Gasteiger partial charge in [0.25, 0.3) is 0 Å². The van der Waals surface area contributed by atoms with E-state index in [0.717, 1.165) is 23.8 Å². The molecule has 0 heterocycles. The summed E-state index contributed by atoms with van der Waals surface area (Å²) >= 11 is 5.97. The highest BCUT2D eigenvalue weighted by molar-refractivity contribution is 6.30. The fraction of sp³-hybridized carbons (Fsp3) is 0.294. The lowest BCUT2D eigenvalue weighted by atomic mass is 10.1. The third-order valence-corrected chi connectivity index (χ3v) is 3.48. The minimum Gasteiger partial charge on any atom is -0.383 e. The maximum Gasteiger partial charge on any atom is 0.0426 e. The van der Waals surface area contributed by atoms with Crippen molar-refractivity contribution in [2.45, 2.75) is 13.8 Å². The van der Waals surface area contributed by atoms with Crippen molar-refractivity contribution in [1.29, 1.82) is 0 Å². The zero-order valence-corrected chi connectivity index (χ0v) is 13.0. The van der Waals surface area contributed by atoms with Gasteiger partial charge in [-0.1, -0.05) is 23.7 Å². The number of rotatable bonds is 5. The molecule has 0 aliphatic heterocycles. The van der Waals surface area contributed by atoms with Gasteiger partial charge in [0.15, 0.2) is 0 Å². The van der Waals surface area contributed by atoms with Crippen molar-refractivity contribution in [2.75, 3.05) is 30.4 Å². The SMILES string of the molecule is Cc1cc(C)cc(N(C)CCNc2cccc(Cl)c2)c1.